The van der Waals surface area contributed by atoms with Gasteiger partial charge in [-0.15, -0.1) is 0 Å². The van der Waals surface area contributed by atoms with Crippen molar-refractivity contribution in [1.82, 2.24) is 9.55 Å². The Labute approximate surface area is 124 Å². The smallest absolute Gasteiger partial charge is 0.108 e. The summed E-state index contributed by atoms with van der Waals surface area (Å²) >= 11 is 0. The van der Waals surface area contributed by atoms with Crippen LogP contribution in [0, 0.1) is 0 Å². The zero-order valence-electron chi connectivity index (χ0n) is 13.2. The van der Waals surface area contributed by atoms with Crippen molar-refractivity contribution in [1.29, 1.82) is 0 Å². The average molecular weight is 280 g/mol. The monoisotopic (exact) mass is 280 g/mol. The number of hydrogen-bond donors (Lipinski definition) is 1. The van der Waals surface area contributed by atoms with Gasteiger partial charge < -0.3 is 9.67 Å². The Bertz CT molecular complexity index is 323. The van der Waals surface area contributed by atoms with Gasteiger partial charge in [0.25, 0.3) is 0 Å². The Morgan fingerprint density at radius 1 is 0.950 bits per heavy atom. The van der Waals surface area contributed by atoms with Crippen LogP contribution in [0.5, 0.6) is 0 Å². The molecule has 0 spiro atoms. The zero-order chi connectivity index (χ0) is 14.5. The molecule has 0 unspecified atom stereocenters. The summed E-state index contributed by atoms with van der Waals surface area (Å²) in [5, 5.41) is 8.96. The third-order valence-corrected chi connectivity index (χ3v) is 3.90. The summed E-state index contributed by atoms with van der Waals surface area (Å²) in [6.07, 6.45) is 18.5. The van der Waals surface area contributed by atoms with Gasteiger partial charge in [-0.1, -0.05) is 64.7 Å². The predicted octanol–water partition coefficient (Wildman–Crippen LogP) is 4.34. The highest BCUT2D eigenvalue weighted by Gasteiger charge is 2.01. The Hall–Kier alpha value is -0.830. The van der Waals surface area contributed by atoms with Crippen LogP contribution in [-0.4, -0.2) is 21.3 Å². The van der Waals surface area contributed by atoms with Crippen molar-refractivity contribution in [2.24, 2.45) is 0 Å². The van der Waals surface area contributed by atoms with E-state index in [4.69, 9.17) is 5.11 Å². The number of aryl methyl sites for hydroxylation is 1. The lowest BCUT2D eigenvalue weighted by Crippen LogP contribution is -2.06. The molecule has 0 radical (unpaired) electrons. The van der Waals surface area contributed by atoms with Gasteiger partial charge in [-0.2, -0.15) is 0 Å². The Morgan fingerprint density at radius 3 is 2.15 bits per heavy atom. The summed E-state index contributed by atoms with van der Waals surface area (Å²) in [5.74, 6) is 1.12. The van der Waals surface area contributed by atoms with E-state index in [1.807, 2.05) is 12.4 Å². The molecular formula is C17H32N2O. The third kappa shape index (κ3) is 7.68. The third-order valence-electron chi connectivity index (χ3n) is 3.90. The van der Waals surface area contributed by atoms with Gasteiger partial charge in [0.15, 0.2) is 0 Å². The molecule has 0 saturated heterocycles. The van der Waals surface area contributed by atoms with Crippen LogP contribution >= 0.6 is 0 Å². The second-order valence-corrected chi connectivity index (χ2v) is 5.69. The highest BCUT2D eigenvalue weighted by molar-refractivity contribution is 4.92. The standard InChI is InChI=1S/C17H32N2O/c1-2-3-4-5-6-7-8-9-10-11-12-17-18-13-14-19(17)15-16-20/h13-14,20H,2-12,15-16H2,1H3. The summed E-state index contributed by atoms with van der Waals surface area (Å²) < 4.78 is 2.06. The molecule has 116 valence electrons. The predicted molar refractivity (Wildman–Crippen MR) is 84.9 cm³/mol. The van der Waals surface area contributed by atoms with E-state index in [2.05, 4.69) is 16.5 Å². The number of aliphatic hydroxyl groups excluding tert-OH is 1. The molecule has 0 aromatic carbocycles. The van der Waals surface area contributed by atoms with E-state index in [1.165, 1.54) is 64.2 Å². The first-order chi connectivity index (χ1) is 9.88. The summed E-state index contributed by atoms with van der Waals surface area (Å²) in [5.41, 5.74) is 0. The van der Waals surface area contributed by atoms with Gasteiger partial charge in [0.05, 0.1) is 6.61 Å². The maximum Gasteiger partial charge on any atom is 0.108 e. The zero-order valence-corrected chi connectivity index (χ0v) is 13.2. The van der Waals surface area contributed by atoms with Crippen molar-refractivity contribution in [2.45, 2.75) is 84.1 Å². The van der Waals surface area contributed by atoms with E-state index in [-0.39, 0.29) is 6.61 Å². The SMILES string of the molecule is CCCCCCCCCCCCc1nccn1CCO. The fourth-order valence-corrected chi connectivity index (χ4v) is 2.65. The molecule has 3 nitrogen and oxygen atoms in total. The molecule has 0 aliphatic rings. The molecule has 3 heteroatoms. The maximum atomic E-state index is 8.96. The van der Waals surface area contributed by atoms with Crippen LogP contribution in [0.2, 0.25) is 0 Å². The summed E-state index contributed by atoms with van der Waals surface area (Å²) in [7, 11) is 0. The molecule has 1 aromatic rings. The van der Waals surface area contributed by atoms with Crippen molar-refractivity contribution < 1.29 is 5.11 Å². The van der Waals surface area contributed by atoms with Crippen molar-refractivity contribution >= 4 is 0 Å². The second kappa shape index (κ2) is 12.0. The topological polar surface area (TPSA) is 38.0 Å². The van der Waals surface area contributed by atoms with E-state index in [9.17, 15) is 0 Å². The fourth-order valence-electron chi connectivity index (χ4n) is 2.65. The molecule has 0 bridgehead atoms. The number of unbranched alkanes of at least 4 members (excludes halogenated alkanes) is 9. The highest BCUT2D eigenvalue weighted by atomic mass is 16.3. The molecule has 1 rings (SSSR count). The first-order valence-corrected chi connectivity index (χ1v) is 8.49. The number of hydrogen-bond acceptors (Lipinski definition) is 2. The van der Waals surface area contributed by atoms with E-state index in [0.717, 1.165) is 12.2 Å². The fraction of sp³-hybridized carbons (Fsp3) is 0.824. The summed E-state index contributed by atoms with van der Waals surface area (Å²) in [6.45, 7) is 3.14. The van der Waals surface area contributed by atoms with Gasteiger partial charge in [-0.05, 0) is 6.42 Å². The molecule has 0 fully saturated rings. The van der Waals surface area contributed by atoms with Crippen LogP contribution < -0.4 is 0 Å². The molecule has 20 heavy (non-hydrogen) atoms. The normalized spacial score (nSPS) is 11.1. The van der Waals surface area contributed by atoms with Crippen LogP contribution in [0.15, 0.2) is 12.4 Å². The molecule has 1 aromatic heterocycles. The van der Waals surface area contributed by atoms with Crippen molar-refractivity contribution in [2.75, 3.05) is 6.61 Å². The molecule has 0 saturated carbocycles. The lowest BCUT2D eigenvalue weighted by Gasteiger charge is -2.06. The number of rotatable bonds is 13. The minimum atomic E-state index is 0.196. The van der Waals surface area contributed by atoms with E-state index >= 15 is 0 Å². The average Bonchev–Trinajstić information content (AvgIpc) is 2.89. The van der Waals surface area contributed by atoms with Crippen molar-refractivity contribution in [3.63, 3.8) is 0 Å². The number of aromatic nitrogens is 2. The highest BCUT2D eigenvalue weighted by Crippen LogP contribution is 2.12. The van der Waals surface area contributed by atoms with Gasteiger partial charge >= 0.3 is 0 Å². The number of aliphatic hydroxyl groups is 1. The minimum absolute atomic E-state index is 0.196. The molecule has 1 N–H and O–H groups in total. The van der Waals surface area contributed by atoms with Crippen molar-refractivity contribution in [3.8, 4) is 0 Å². The Morgan fingerprint density at radius 2 is 1.55 bits per heavy atom. The van der Waals surface area contributed by atoms with Gasteiger partial charge in [0.2, 0.25) is 0 Å². The van der Waals surface area contributed by atoms with Crippen LogP contribution in [0.25, 0.3) is 0 Å². The van der Waals surface area contributed by atoms with Crippen molar-refractivity contribution in [3.05, 3.63) is 18.2 Å². The van der Waals surface area contributed by atoms with Gasteiger partial charge in [0, 0.05) is 25.4 Å². The van der Waals surface area contributed by atoms with Gasteiger partial charge in [-0.25, -0.2) is 4.98 Å². The first-order valence-electron chi connectivity index (χ1n) is 8.49. The number of nitrogens with zero attached hydrogens (tertiary/aromatic N) is 2. The Kier molecular flexibility index (Phi) is 10.3. The van der Waals surface area contributed by atoms with Crippen LogP contribution in [-0.2, 0) is 13.0 Å². The largest absolute Gasteiger partial charge is 0.395 e. The lowest BCUT2D eigenvalue weighted by molar-refractivity contribution is 0.274. The molecule has 0 atom stereocenters. The molecule has 0 aliphatic carbocycles. The second-order valence-electron chi connectivity index (χ2n) is 5.69. The summed E-state index contributed by atoms with van der Waals surface area (Å²) in [6, 6.07) is 0. The van der Waals surface area contributed by atoms with Gasteiger partial charge in [-0.3, -0.25) is 0 Å². The molecule has 0 aliphatic heterocycles. The van der Waals surface area contributed by atoms with E-state index < -0.39 is 0 Å². The first kappa shape index (κ1) is 17.2. The van der Waals surface area contributed by atoms with Crippen LogP contribution in [0.4, 0.5) is 0 Å². The molecular weight excluding hydrogens is 248 g/mol. The summed E-state index contributed by atoms with van der Waals surface area (Å²) in [4.78, 5) is 4.36. The lowest BCUT2D eigenvalue weighted by atomic mass is 10.1. The Balaban J connectivity index is 1.93. The minimum Gasteiger partial charge on any atom is -0.395 e. The van der Waals surface area contributed by atoms with E-state index in [1.54, 1.807) is 0 Å². The number of imidazole rings is 1. The van der Waals surface area contributed by atoms with Crippen LogP contribution in [0.3, 0.4) is 0 Å². The maximum absolute atomic E-state index is 8.96. The quantitative estimate of drug-likeness (QED) is 0.546. The van der Waals surface area contributed by atoms with Gasteiger partial charge in [0.1, 0.15) is 5.82 Å². The van der Waals surface area contributed by atoms with E-state index in [0.29, 0.717) is 6.54 Å². The van der Waals surface area contributed by atoms with Crippen LogP contribution in [0.1, 0.15) is 77.0 Å². The molecule has 0 amide bonds. The molecule has 1 heterocycles.